The fraction of sp³-hybridized carbons (Fsp3) is 0.118. The number of fused-ring (bicyclic) bond motifs is 13. The Morgan fingerprint density at radius 1 is 0.446 bits per heavy atom. The molecule has 12 rings (SSSR count). The smallest absolute Gasteiger partial charge is 0.238 e. The molecular formula is C51H36N4O. The molecule has 0 N–H and O–H groups in total. The number of nitrogens with zero attached hydrogens (tertiary/aromatic N) is 4. The summed E-state index contributed by atoms with van der Waals surface area (Å²) in [5.41, 5.74) is 15.5. The van der Waals surface area contributed by atoms with E-state index in [2.05, 4.69) is 166 Å². The highest BCUT2D eigenvalue weighted by atomic mass is 16.3. The van der Waals surface area contributed by atoms with Crippen LogP contribution in [0.3, 0.4) is 0 Å². The van der Waals surface area contributed by atoms with Gasteiger partial charge in [0, 0.05) is 43.5 Å². The van der Waals surface area contributed by atoms with E-state index >= 15 is 0 Å². The molecule has 5 heteroatoms. The molecule has 2 aliphatic carbocycles. The van der Waals surface area contributed by atoms with E-state index in [0.717, 1.165) is 54.9 Å². The molecule has 0 saturated carbocycles. The average Bonchev–Trinajstić information content (AvgIpc) is 3.92. The Morgan fingerprint density at radius 3 is 1.61 bits per heavy atom. The van der Waals surface area contributed by atoms with Crippen LogP contribution in [0.4, 0.5) is 0 Å². The predicted molar refractivity (Wildman–Crippen MR) is 227 cm³/mol. The Balaban J connectivity index is 1.14. The molecule has 0 bridgehead atoms. The molecule has 7 aromatic carbocycles. The van der Waals surface area contributed by atoms with Crippen molar-refractivity contribution in [2.45, 2.75) is 38.5 Å². The molecule has 56 heavy (non-hydrogen) atoms. The third-order valence-electron chi connectivity index (χ3n) is 12.7. The Hall–Kier alpha value is -6.85. The molecule has 0 aliphatic heterocycles. The molecule has 0 saturated heterocycles. The minimum Gasteiger partial charge on any atom is -0.454 e. The number of rotatable bonds is 3. The van der Waals surface area contributed by atoms with Crippen LogP contribution in [0.1, 0.15) is 49.9 Å². The molecule has 2 aliphatic rings. The average molecular weight is 721 g/mol. The van der Waals surface area contributed by atoms with Gasteiger partial charge in [0.1, 0.15) is 11.1 Å². The molecular weight excluding hydrogens is 685 g/mol. The van der Waals surface area contributed by atoms with Crippen molar-refractivity contribution in [2.75, 3.05) is 0 Å². The standard InChI is InChI=1S/C51H36N4O/c1-50(2)39-17-9-5-13-31(39)33-23-21-29(27-41(33)50)47-52-48(30-22-24-34-32-14-6-10-18-40(32)51(3,4)42(34)28-30)54-49(53-47)55-43-19-11-7-15-35(43)37-25-26-38-36-16-8-12-20-44(36)56-46(38)45(37)55/h5-28H,1-4H3. The van der Waals surface area contributed by atoms with Crippen molar-refractivity contribution in [2.24, 2.45) is 0 Å². The van der Waals surface area contributed by atoms with E-state index in [1.54, 1.807) is 0 Å². The fourth-order valence-electron chi connectivity index (χ4n) is 9.85. The first-order valence-electron chi connectivity index (χ1n) is 19.4. The monoisotopic (exact) mass is 720 g/mol. The van der Waals surface area contributed by atoms with Crippen LogP contribution in [0, 0.1) is 0 Å². The SMILES string of the molecule is CC1(C)c2ccccc2-c2ccc(-c3nc(-c4ccc5c(c4)C(C)(C)c4ccccc4-5)nc(-n4c5ccccc5c5ccc6c7ccccc7oc6c54)n3)cc21. The molecule has 0 radical (unpaired) electrons. The molecule has 10 aromatic rings. The second kappa shape index (κ2) is 10.9. The van der Waals surface area contributed by atoms with Gasteiger partial charge in [0.2, 0.25) is 5.95 Å². The summed E-state index contributed by atoms with van der Waals surface area (Å²) in [6.07, 6.45) is 0. The summed E-state index contributed by atoms with van der Waals surface area (Å²) < 4.78 is 8.89. The van der Waals surface area contributed by atoms with E-state index in [1.807, 2.05) is 12.1 Å². The Morgan fingerprint density at radius 2 is 0.964 bits per heavy atom. The Bertz CT molecular complexity index is 3200. The van der Waals surface area contributed by atoms with Crippen LogP contribution >= 0.6 is 0 Å². The highest BCUT2D eigenvalue weighted by Gasteiger charge is 2.37. The summed E-state index contributed by atoms with van der Waals surface area (Å²) in [5, 5.41) is 4.35. The minimum atomic E-state index is -0.166. The van der Waals surface area contributed by atoms with Crippen molar-refractivity contribution < 1.29 is 4.42 Å². The maximum Gasteiger partial charge on any atom is 0.238 e. The number of aromatic nitrogens is 4. The van der Waals surface area contributed by atoms with Crippen LogP contribution in [0.5, 0.6) is 0 Å². The maximum atomic E-state index is 6.70. The van der Waals surface area contributed by atoms with E-state index in [1.165, 1.54) is 44.5 Å². The normalized spacial score (nSPS) is 14.7. The van der Waals surface area contributed by atoms with E-state index in [4.69, 9.17) is 19.4 Å². The summed E-state index contributed by atoms with van der Waals surface area (Å²) in [7, 11) is 0. The van der Waals surface area contributed by atoms with Gasteiger partial charge in [0.05, 0.1) is 5.52 Å². The molecule has 0 atom stereocenters. The first-order chi connectivity index (χ1) is 27.3. The molecule has 0 amide bonds. The quantitative estimate of drug-likeness (QED) is 0.182. The van der Waals surface area contributed by atoms with Gasteiger partial charge in [-0.1, -0.05) is 143 Å². The third kappa shape index (κ3) is 4.12. The van der Waals surface area contributed by atoms with Gasteiger partial charge in [-0.2, -0.15) is 9.97 Å². The third-order valence-corrected chi connectivity index (χ3v) is 12.7. The van der Waals surface area contributed by atoms with Crippen LogP contribution in [0.25, 0.3) is 94.7 Å². The van der Waals surface area contributed by atoms with Gasteiger partial charge >= 0.3 is 0 Å². The van der Waals surface area contributed by atoms with Crippen molar-refractivity contribution in [1.82, 2.24) is 19.5 Å². The predicted octanol–water partition coefficient (Wildman–Crippen LogP) is 12.8. The van der Waals surface area contributed by atoms with Crippen molar-refractivity contribution in [3.05, 3.63) is 168 Å². The minimum absolute atomic E-state index is 0.166. The van der Waals surface area contributed by atoms with Gasteiger partial charge in [0.25, 0.3) is 0 Å². The first kappa shape index (κ1) is 31.5. The Kier molecular flexibility index (Phi) is 6.12. The van der Waals surface area contributed by atoms with Crippen LogP contribution in [0.2, 0.25) is 0 Å². The van der Waals surface area contributed by atoms with Gasteiger partial charge in [-0.15, -0.1) is 0 Å². The molecule has 0 unspecified atom stereocenters. The summed E-state index contributed by atoms with van der Waals surface area (Å²) in [6, 6.07) is 52.1. The second-order valence-electron chi connectivity index (χ2n) is 16.4. The summed E-state index contributed by atoms with van der Waals surface area (Å²) >= 11 is 0. The van der Waals surface area contributed by atoms with Gasteiger partial charge in [0.15, 0.2) is 17.2 Å². The number of benzene rings is 7. The fourth-order valence-corrected chi connectivity index (χ4v) is 9.85. The van der Waals surface area contributed by atoms with Crippen molar-refractivity contribution in [1.29, 1.82) is 0 Å². The highest BCUT2D eigenvalue weighted by Crippen LogP contribution is 2.51. The number of furan rings is 1. The van der Waals surface area contributed by atoms with Crippen LogP contribution in [-0.2, 0) is 10.8 Å². The summed E-state index contributed by atoms with van der Waals surface area (Å²) in [6.45, 7) is 9.25. The number of hydrogen-bond donors (Lipinski definition) is 0. The van der Waals surface area contributed by atoms with Crippen molar-refractivity contribution in [3.8, 4) is 51.0 Å². The molecule has 266 valence electrons. The molecule has 5 nitrogen and oxygen atoms in total. The van der Waals surface area contributed by atoms with E-state index in [0.29, 0.717) is 17.6 Å². The van der Waals surface area contributed by atoms with Gasteiger partial charge in [-0.05, 0) is 74.8 Å². The maximum absolute atomic E-state index is 6.70. The molecule has 0 spiro atoms. The van der Waals surface area contributed by atoms with Gasteiger partial charge in [-0.25, -0.2) is 4.98 Å². The van der Waals surface area contributed by atoms with Crippen molar-refractivity contribution >= 4 is 43.7 Å². The lowest BCUT2D eigenvalue weighted by Gasteiger charge is -2.22. The zero-order valence-corrected chi connectivity index (χ0v) is 31.6. The summed E-state index contributed by atoms with van der Waals surface area (Å²) in [4.78, 5) is 16.1. The van der Waals surface area contributed by atoms with Crippen LogP contribution < -0.4 is 0 Å². The zero-order valence-electron chi connectivity index (χ0n) is 31.6. The lowest BCUT2D eigenvalue weighted by atomic mass is 9.82. The number of para-hydroxylation sites is 2. The lowest BCUT2D eigenvalue weighted by molar-refractivity contribution is 0.660. The van der Waals surface area contributed by atoms with Crippen LogP contribution in [0.15, 0.2) is 150 Å². The Labute approximate surface area is 323 Å². The zero-order chi connectivity index (χ0) is 37.5. The molecule has 3 heterocycles. The lowest BCUT2D eigenvalue weighted by Crippen LogP contribution is -2.15. The highest BCUT2D eigenvalue weighted by molar-refractivity contribution is 6.21. The van der Waals surface area contributed by atoms with Gasteiger partial charge in [-0.3, -0.25) is 4.57 Å². The summed E-state index contributed by atoms with van der Waals surface area (Å²) in [5.74, 6) is 1.81. The van der Waals surface area contributed by atoms with E-state index in [-0.39, 0.29) is 10.8 Å². The largest absolute Gasteiger partial charge is 0.454 e. The van der Waals surface area contributed by atoms with Crippen molar-refractivity contribution in [3.63, 3.8) is 0 Å². The van der Waals surface area contributed by atoms with E-state index < -0.39 is 0 Å². The van der Waals surface area contributed by atoms with Crippen LogP contribution in [-0.4, -0.2) is 19.5 Å². The topological polar surface area (TPSA) is 56.7 Å². The molecule has 3 aromatic heterocycles. The van der Waals surface area contributed by atoms with Gasteiger partial charge < -0.3 is 4.42 Å². The first-order valence-corrected chi connectivity index (χ1v) is 19.4. The molecule has 0 fully saturated rings. The van der Waals surface area contributed by atoms with E-state index in [9.17, 15) is 0 Å². The number of hydrogen-bond acceptors (Lipinski definition) is 4. The second-order valence-corrected chi connectivity index (χ2v) is 16.4.